The molecule has 0 saturated carbocycles. The first kappa shape index (κ1) is 9.92. The van der Waals surface area contributed by atoms with Crippen LogP contribution in [0.1, 0.15) is 5.56 Å². The van der Waals surface area contributed by atoms with Gasteiger partial charge in [-0.15, -0.1) is 0 Å². The Bertz CT molecular complexity index is 278. The first-order valence-corrected chi connectivity index (χ1v) is 3.95. The molecule has 1 rings (SSSR count). The van der Waals surface area contributed by atoms with Crippen molar-refractivity contribution in [2.45, 2.75) is 6.54 Å². The summed E-state index contributed by atoms with van der Waals surface area (Å²) in [5, 5.41) is 0. The lowest BCUT2D eigenvalue weighted by molar-refractivity contribution is 0.262. The predicted molar refractivity (Wildman–Crippen MR) is 45.8 cm³/mol. The fraction of sp³-hybridized carbons (Fsp3) is 0.333. The number of rotatable bonds is 4. The Morgan fingerprint density at radius 3 is 2.69 bits per heavy atom. The lowest BCUT2D eigenvalue weighted by Gasteiger charge is -2.05. The average molecular weight is 187 g/mol. The second-order valence-electron chi connectivity index (χ2n) is 2.51. The monoisotopic (exact) mass is 187 g/mol. The summed E-state index contributed by atoms with van der Waals surface area (Å²) in [7, 11) is 0. The van der Waals surface area contributed by atoms with Crippen LogP contribution in [0.4, 0.5) is 8.78 Å². The molecule has 0 aromatic heterocycles. The van der Waals surface area contributed by atoms with Gasteiger partial charge in [-0.25, -0.2) is 8.78 Å². The molecule has 0 fully saturated rings. The number of alkyl halides is 1. The molecule has 72 valence electrons. The molecule has 0 heterocycles. The zero-order valence-electron chi connectivity index (χ0n) is 7.09. The molecule has 1 aromatic rings. The van der Waals surface area contributed by atoms with E-state index in [1.54, 1.807) is 6.07 Å². The Morgan fingerprint density at radius 2 is 2.15 bits per heavy atom. The molecular weight excluding hydrogens is 176 g/mol. The Balaban J connectivity index is 2.73. The highest BCUT2D eigenvalue weighted by Crippen LogP contribution is 2.17. The summed E-state index contributed by atoms with van der Waals surface area (Å²) in [6, 6.07) is 4.39. The maximum absolute atomic E-state index is 13.1. The zero-order chi connectivity index (χ0) is 9.68. The van der Waals surface area contributed by atoms with Crippen molar-refractivity contribution in [2.24, 2.45) is 5.73 Å². The van der Waals surface area contributed by atoms with Crippen LogP contribution < -0.4 is 10.5 Å². The summed E-state index contributed by atoms with van der Waals surface area (Å²) in [4.78, 5) is 0. The maximum Gasteiger partial charge on any atom is 0.165 e. The molecule has 0 bridgehead atoms. The highest BCUT2D eigenvalue weighted by Gasteiger charge is 2.03. The Hall–Kier alpha value is -1.16. The minimum atomic E-state index is -0.627. The van der Waals surface area contributed by atoms with Gasteiger partial charge in [0.25, 0.3) is 0 Å². The van der Waals surface area contributed by atoms with Crippen molar-refractivity contribution in [2.75, 3.05) is 13.3 Å². The standard InChI is InChI=1S/C9H11F2NO/c10-3-4-13-9-2-1-7(6-12)5-8(9)11/h1-2,5H,3-4,6,12H2. The SMILES string of the molecule is NCc1ccc(OCCF)c(F)c1. The van der Waals surface area contributed by atoms with Crippen LogP contribution in [0.2, 0.25) is 0 Å². The van der Waals surface area contributed by atoms with Crippen molar-refractivity contribution in [1.29, 1.82) is 0 Å². The molecule has 1 aromatic carbocycles. The van der Waals surface area contributed by atoms with E-state index >= 15 is 0 Å². The van der Waals surface area contributed by atoms with Gasteiger partial charge >= 0.3 is 0 Å². The van der Waals surface area contributed by atoms with E-state index < -0.39 is 12.5 Å². The van der Waals surface area contributed by atoms with Crippen LogP contribution in [0.15, 0.2) is 18.2 Å². The summed E-state index contributed by atoms with van der Waals surface area (Å²) in [5.74, 6) is -0.439. The number of halogens is 2. The van der Waals surface area contributed by atoms with Crippen LogP contribution in [0.3, 0.4) is 0 Å². The summed E-state index contributed by atoms with van der Waals surface area (Å²) in [6.45, 7) is -0.475. The highest BCUT2D eigenvalue weighted by molar-refractivity contribution is 5.29. The second kappa shape index (κ2) is 4.77. The van der Waals surface area contributed by atoms with E-state index in [0.29, 0.717) is 5.56 Å². The zero-order valence-corrected chi connectivity index (χ0v) is 7.09. The normalized spacial score (nSPS) is 10.1. The molecule has 0 amide bonds. The lowest BCUT2D eigenvalue weighted by atomic mass is 10.2. The van der Waals surface area contributed by atoms with Crippen LogP contribution >= 0.6 is 0 Å². The number of hydrogen-bond acceptors (Lipinski definition) is 2. The third-order valence-corrected chi connectivity index (χ3v) is 1.57. The van der Waals surface area contributed by atoms with Crippen LogP contribution in [0.25, 0.3) is 0 Å². The van der Waals surface area contributed by atoms with Gasteiger partial charge < -0.3 is 10.5 Å². The quantitative estimate of drug-likeness (QED) is 0.777. The number of nitrogens with two attached hydrogens (primary N) is 1. The molecule has 0 saturated heterocycles. The smallest absolute Gasteiger partial charge is 0.165 e. The van der Waals surface area contributed by atoms with E-state index in [1.807, 2.05) is 0 Å². The molecule has 2 nitrogen and oxygen atoms in total. The van der Waals surface area contributed by atoms with Gasteiger partial charge in [-0.2, -0.15) is 0 Å². The van der Waals surface area contributed by atoms with Gasteiger partial charge in [-0.05, 0) is 17.7 Å². The molecule has 4 heteroatoms. The van der Waals surface area contributed by atoms with Gasteiger partial charge in [0.05, 0.1) is 0 Å². The van der Waals surface area contributed by atoms with E-state index in [9.17, 15) is 8.78 Å². The van der Waals surface area contributed by atoms with Crippen LogP contribution in [0, 0.1) is 5.82 Å². The Morgan fingerprint density at radius 1 is 1.38 bits per heavy atom. The van der Waals surface area contributed by atoms with E-state index in [2.05, 4.69) is 0 Å². The molecule has 0 unspecified atom stereocenters. The molecule has 0 aliphatic rings. The van der Waals surface area contributed by atoms with Crippen LogP contribution in [0.5, 0.6) is 5.75 Å². The first-order valence-electron chi connectivity index (χ1n) is 3.95. The molecule has 0 atom stereocenters. The van der Waals surface area contributed by atoms with Gasteiger partial charge in [0.1, 0.15) is 13.3 Å². The molecular formula is C9H11F2NO. The van der Waals surface area contributed by atoms with Gasteiger partial charge in [-0.1, -0.05) is 6.07 Å². The Kier molecular flexibility index (Phi) is 3.64. The molecule has 0 aliphatic heterocycles. The van der Waals surface area contributed by atoms with Crippen molar-refractivity contribution < 1.29 is 13.5 Å². The van der Waals surface area contributed by atoms with Crippen molar-refractivity contribution in [1.82, 2.24) is 0 Å². The number of ether oxygens (including phenoxy) is 1. The van der Waals surface area contributed by atoms with E-state index in [0.717, 1.165) is 0 Å². The van der Waals surface area contributed by atoms with E-state index in [4.69, 9.17) is 10.5 Å². The minimum Gasteiger partial charge on any atom is -0.488 e. The average Bonchev–Trinajstić information content (AvgIpc) is 2.16. The van der Waals surface area contributed by atoms with E-state index in [-0.39, 0.29) is 18.9 Å². The van der Waals surface area contributed by atoms with Gasteiger partial charge in [-0.3, -0.25) is 0 Å². The van der Waals surface area contributed by atoms with Gasteiger partial charge in [0, 0.05) is 6.54 Å². The summed E-state index contributed by atoms with van der Waals surface area (Å²) in [6.07, 6.45) is 0. The first-order chi connectivity index (χ1) is 6.27. The van der Waals surface area contributed by atoms with Crippen molar-refractivity contribution in [3.05, 3.63) is 29.6 Å². The topological polar surface area (TPSA) is 35.2 Å². The van der Waals surface area contributed by atoms with Gasteiger partial charge in [0.15, 0.2) is 11.6 Å². The second-order valence-corrected chi connectivity index (χ2v) is 2.51. The van der Waals surface area contributed by atoms with Crippen molar-refractivity contribution in [3.8, 4) is 5.75 Å². The van der Waals surface area contributed by atoms with Crippen LogP contribution in [-0.2, 0) is 6.54 Å². The third kappa shape index (κ3) is 2.66. The van der Waals surface area contributed by atoms with Crippen LogP contribution in [-0.4, -0.2) is 13.3 Å². The largest absolute Gasteiger partial charge is 0.488 e. The highest BCUT2D eigenvalue weighted by atomic mass is 19.1. The molecule has 0 spiro atoms. The summed E-state index contributed by atoms with van der Waals surface area (Å²) in [5.41, 5.74) is 5.99. The summed E-state index contributed by atoms with van der Waals surface area (Å²) >= 11 is 0. The predicted octanol–water partition coefficient (Wildman–Crippen LogP) is 1.63. The number of hydrogen-bond donors (Lipinski definition) is 1. The molecule has 0 radical (unpaired) electrons. The molecule has 2 N–H and O–H groups in total. The van der Waals surface area contributed by atoms with Crippen molar-refractivity contribution >= 4 is 0 Å². The number of benzene rings is 1. The minimum absolute atomic E-state index is 0.0647. The lowest BCUT2D eigenvalue weighted by Crippen LogP contribution is -2.02. The molecule has 0 aliphatic carbocycles. The third-order valence-electron chi connectivity index (χ3n) is 1.57. The van der Waals surface area contributed by atoms with E-state index in [1.165, 1.54) is 12.1 Å². The van der Waals surface area contributed by atoms with Gasteiger partial charge in [0.2, 0.25) is 0 Å². The fourth-order valence-corrected chi connectivity index (χ4v) is 0.937. The Labute approximate surface area is 75.3 Å². The maximum atomic E-state index is 13.1. The van der Waals surface area contributed by atoms with Crippen molar-refractivity contribution in [3.63, 3.8) is 0 Å². The fourth-order valence-electron chi connectivity index (χ4n) is 0.937. The molecule has 13 heavy (non-hydrogen) atoms. The summed E-state index contributed by atoms with van der Waals surface area (Å²) < 4.78 is 29.5.